The highest BCUT2D eigenvalue weighted by atomic mass is 16.6. The van der Waals surface area contributed by atoms with Crippen molar-refractivity contribution in [1.82, 2.24) is 5.32 Å². The zero-order valence-corrected chi connectivity index (χ0v) is 10.3. The first-order chi connectivity index (χ1) is 8.47. The highest BCUT2D eigenvalue weighted by Gasteiger charge is 2.07. The van der Waals surface area contributed by atoms with Gasteiger partial charge >= 0.3 is 12.1 Å². The molecule has 0 radical (unpaired) electrons. The molecule has 0 aliphatic carbocycles. The molecule has 7 nitrogen and oxygen atoms in total. The van der Waals surface area contributed by atoms with Crippen LogP contribution in [-0.4, -0.2) is 54.7 Å². The van der Waals surface area contributed by atoms with Crippen LogP contribution in [0.1, 0.15) is 13.3 Å². The Kier molecular flexibility index (Phi) is 8.59. The number of carbonyl (C=O) groups is 2. The van der Waals surface area contributed by atoms with E-state index in [4.69, 9.17) is 14.9 Å². The van der Waals surface area contributed by atoms with Crippen molar-refractivity contribution >= 4 is 12.1 Å². The van der Waals surface area contributed by atoms with Crippen molar-refractivity contribution in [3.63, 3.8) is 0 Å². The van der Waals surface area contributed by atoms with Gasteiger partial charge in [-0.15, -0.1) is 0 Å². The number of aliphatic hydroxyl groups excluding tert-OH is 2. The molecular weight excluding hydrogens is 242 g/mol. The molecule has 1 amide bonds. The second kappa shape index (κ2) is 9.43. The van der Waals surface area contributed by atoms with Crippen LogP contribution in [0.25, 0.3) is 0 Å². The lowest BCUT2D eigenvalue weighted by molar-refractivity contribution is -0.138. The first-order valence-corrected chi connectivity index (χ1v) is 5.49. The lowest BCUT2D eigenvalue weighted by atomic mass is 10.3. The maximum Gasteiger partial charge on any atom is 0.407 e. The fourth-order valence-electron chi connectivity index (χ4n) is 0.826. The van der Waals surface area contributed by atoms with Gasteiger partial charge in [0.2, 0.25) is 0 Å². The maximum absolute atomic E-state index is 11.0. The summed E-state index contributed by atoms with van der Waals surface area (Å²) in [5, 5.41) is 19.8. The summed E-state index contributed by atoms with van der Waals surface area (Å²) >= 11 is 0. The Balaban J connectivity index is 3.46. The van der Waals surface area contributed by atoms with Crippen molar-refractivity contribution < 1.29 is 29.3 Å². The molecule has 0 saturated heterocycles. The second-order valence-electron chi connectivity index (χ2n) is 3.63. The number of hydrogen-bond donors (Lipinski definition) is 3. The molecule has 0 saturated carbocycles. The summed E-state index contributed by atoms with van der Waals surface area (Å²) in [5.74, 6) is -0.469. The highest BCUT2D eigenvalue weighted by molar-refractivity contribution is 5.86. The fourth-order valence-corrected chi connectivity index (χ4v) is 0.826. The predicted octanol–water partition coefficient (Wildman–Crippen LogP) is -0.425. The molecule has 1 unspecified atom stereocenters. The Bertz CT molecular complexity index is 291. The number of alkyl carbamates (subject to hydrolysis) is 1. The molecule has 7 heteroatoms. The molecule has 0 heterocycles. The summed E-state index contributed by atoms with van der Waals surface area (Å²) in [5.41, 5.74) is 0.320. The zero-order valence-electron chi connectivity index (χ0n) is 10.3. The van der Waals surface area contributed by atoms with E-state index in [-0.39, 0.29) is 19.8 Å². The number of rotatable bonds is 8. The maximum atomic E-state index is 11.0. The first-order valence-electron chi connectivity index (χ1n) is 5.49. The predicted molar refractivity (Wildman–Crippen MR) is 62.8 cm³/mol. The van der Waals surface area contributed by atoms with Gasteiger partial charge in [0.1, 0.15) is 12.7 Å². The van der Waals surface area contributed by atoms with E-state index in [0.29, 0.717) is 12.0 Å². The van der Waals surface area contributed by atoms with Crippen molar-refractivity contribution in [2.75, 3.05) is 26.4 Å². The number of ether oxygens (including phenoxy) is 2. The number of amides is 1. The van der Waals surface area contributed by atoms with Crippen LogP contribution in [0.2, 0.25) is 0 Å². The third kappa shape index (κ3) is 8.54. The van der Waals surface area contributed by atoms with E-state index < -0.39 is 24.8 Å². The van der Waals surface area contributed by atoms with Crippen molar-refractivity contribution in [1.29, 1.82) is 0 Å². The lowest BCUT2D eigenvalue weighted by Crippen LogP contribution is -2.30. The van der Waals surface area contributed by atoms with Gasteiger partial charge in [-0.05, 0) is 13.3 Å². The molecule has 0 aromatic carbocycles. The molecule has 0 aromatic heterocycles. The SMILES string of the molecule is C=C(C)C(=O)OCCCNC(=O)OCC(O)CO. The van der Waals surface area contributed by atoms with Gasteiger partial charge in [0, 0.05) is 12.1 Å². The quantitative estimate of drug-likeness (QED) is 0.311. The van der Waals surface area contributed by atoms with Gasteiger partial charge < -0.3 is 25.0 Å². The van der Waals surface area contributed by atoms with Crippen molar-refractivity contribution in [3.05, 3.63) is 12.2 Å². The molecule has 0 rings (SSSR count). The van der Waals surface area contributed by atoms with Crippen LogP contribution in [0.4, 0.5) is 4.79 Å². The van der Waals surface area contributed by atoms with Gasteiger partial charge in [-0.3, -0.25) is 0 Å². The Morgan fingerprint density at radius 2 is 2.06 bits per heavy atom. The smallest absolute Gasteiger partial charge is 0.407 e. The van der Waals surface area contributed by atoms with Crippen molar-refractivity contribution in [2.24, 2.45) is 0 Å². The largest absolute Gasteiger partial charge is 0.462 e. The summed E-state index contributed by atoms with van der Waals surface area (Å²) in [6.07, 6.45) is -1.34. The molecule has 3 N–H and O–H groups in total. The average molecular weight is 261 g/mol. The fraction of sp³-hybridized carbons (Fsp3) is 0.636. The van der Waals surface area contributed by atoms with E-state index in [1.54, 1.807) is 6.92 Å². The Morgan fingerprint density at radius 3 is 2.61 bits per heavy atom. The molecule has 0 aliphatic rings. The standard InChI is InChI=1S/C11H19NO6/c1-8(2)10(15)17-5-3-4-12-11(16)18-7-9(14)6-13/h9,13-14H,1,3-7H2,2H3,(H,12,16). The normalized spacial score (nSPS) is 11.5. The average Bonchev–Trinajstić information content (AvgIpc) is 2.34. The van der Waals surface area contributed by atoms with Crippen LogP contribution in [0.5, 0.6) is 0 Å². The van der Waals surface area contributed by atoms with Gasteiger partial charge in [-0.1, -0.05) is 6.58 Å². The molecule has 1 atom stereocenters. The lowest BCUT2D eigenvalue weighted by Gasteiger charge is -2.09. The summed E-state index contributed by atoms with van der Waals surface area (Å²) in [6, 6.07) is 0. The van der Waals surface area contributed by atoms with E-state index in [2.05, 4.69) is 16.6 Å². The van der Waals surface area contributed by atoms with E-state index in [9.17, 15) is 9.59 Å². The van der Waals surface area contributed by atoms with Crippen LogP contribution in [-0.2, 0) is 14.3 Å². The van der Waals surface area contributed by atoms with Crippen molar-refractivity contribution in [2.45, 2.75) is 19.4 Å². The summed E-state index contributed by atoms with van der Waals surface area (Å²) in [6.45, 7) is 4.68. The Labute approximate surface area is 105 Å². The molecule has 0 aromatic rings. The minimum Gasteiger partial charge on any atom is -0.462 e. The molecule has 0 fully saturated rings. The Hall–Kier alpha value is -1.60. The molecule has 18 heavy (non-hydrogen) atoms. The van der Waals surface area contributed by atoms with Crippen LogP contribution < -0.4 is 5.32 Å². The third-order valence-corrected chi connectivity index (χ3v) is 1.79. The van der Waals surface area contributed by atoms with Crippen LogP contribution in [0.15, 0.2) is 12.2 Å². The molecule has 0 bridgehead atoms. The summed E-state index contributed by atoms with van der Waals surface area (Å²) in [4.78, 5) is 22.0. The monoisotopic (exact) mass is 261 g/mol. The number of carbonyl (C=O) groups excluding carboxylic acids is 2. The van der Waals surface area contributed by atoms with Gasteiger partial charge in [0.15, 0.2) is 0 Å². The second-order valence-corrected chi connectivity index (χ2v) is 3.63. The number of aliphatic hydroxyl groups is 2. The topological polar surface area (TPSA) is 105 Å². The van der Waals surface area contributed by atoms with Crippen LogP contribution >= 0.6 is 0 Å². The van der Waals surface area contributed by atoms with E-state index in [1.165, 1.54) is 0 Å². The third-order valence-electron chi connectivity index (χ3n) is 1.79. The number of nitrogens with one attached hydrogen (secondary N) is 1. The minimum absolute atomic E-state index is 0.172. The van der Waals surface area contributed by atoms with Crippen LogP contribution in [0, 0.1) is 0 Å². The number of hydrogen-bond acceptors (Lipinski definition) is 6. The molecular formula is C11H19NO6. The molecule has 104 valence electrons. The summed E-state index contributed by atoms with van der Waals surface area (Å²) in [7, 11) is 0. The van der Waals surface area contributed by atoms with E-state index in [0.717, 1.165) is 0 Å². The highest BCUT2D eigenvalue weighted by Crippen LogP contribution is 1.93. The minimum atomic E-state index is -1.08. The first kappa shape index (κ1) is 16.4. The number of esters is 1. The Morgan fingerprint density at radius 1 is 1.39 bits per heavy atom. The van der Waals surface area contributed by atoms with Gasteiger partial charge in [-0.25, -0.2) is 9.59 Å². The molecule has 0 spiro atoms. The van der Waals surface area contributed by atoms with Gasteiger partial charge in [0.05, 0.1) is 13.2 Å². The van der Waals surface area contributed by atoms with E-state index in [1.807, 2.05) is 0 Å². The van der Waals surface area contributed by atoms with Gasteiger partial charge in [-0.2, -0.15) is 0 Å². The zero-order chi connectivity index (χ0) is 14.0. The molecule has 0 aliphatic heterocycles. The van der Waals surface area contributed by atoms with Crippen LogP contribution in [0.3, 0.4) is 0 Å². The van der Waals surface area contributed by atoms with Crippen molar-refractivity contribution in [3.8, 4) is 0 Å². The van der Waals surface area contributed by atoms with Gasteiger partial charge in [0.25, 0.3) is 0 Å². The van der Waals surface area contributed by atoms with E-state index >= 15 is 0 Å². The summed E-state index contributed by atoms with van der Waals surface area (Å²) < 4.78 is 9.38.